The van der Waals surface area contributed by atoms with Gasteiger partial charge >= 0.3 is 0 Å². The van der Waals surface area contributed by atoms with Crippen molar-refractivity contribution >= 4 is 59.4 Å². The van der Waals surface area contributed by atoms with Crippen LogP contribution in [0.2, 0.25) is 0 Å². The maximum absolute atomic E-state index is 12.1. The van der Waals surface area contributed by atoms with Crippen molar-refractivity contribution in [3.8, 4) is 0 Å². The lowest BCUT2D eigenvalue weighted by Gasteiger charge is -2.28. The summed E-state index contributed by atoms with van der Waals surface area (Å²) in [4.78, 5) is 6.81. The van der Waals surface area contributed by atoms with E-state index in [1.165, 1.54) is 26.0 Å². The molecule has 4 rings (SSSR count). The van der Waals surface area contributed by atoms with Gasteiger partial charge in [0, 0.05) is 57.6 Å². The van der Waals surface area contributed by atoms with Crippen molar-refractivity contribution in [1.29, 1.82) is 0 Å². The molecule has 2 aliphatic rings. The highest BCUT2D eigenvalue weighted by atomic mass is 32.2. The van der Waals surface area contributed by atoms with Gasteiger partial charge in [0.1, 0.15) is 0 Å². The number of allylic oxidation sites excluding steroid dienone is 8. The smallest absolute Gasteiger partial charge is 0.238 e. The number of sulfonamides is 1. The molecule has 0 aliphatic carbocycles. The molecule has 2 aliphatic heterocycles. The predicted molar refractivity (Wildman–Crippen MR) is 203 cm³/mol. The van der Waals surface area contributed by atoms with Crippen LogP contribution >= 0.6 is 12.0 Å². The first-order chi connectivity index (χ1) is 24.5. The number of primary sulfonamides is 1. The zero-order valence-corrected chi connectivity index (χ0v) is 33.5. The fraction of sp³-hybridized carbons (Fsp3) is 0.400. The van der Waals surface area contributed by atoms with Gasteiger partial charge in [-0.3, -0.25) is 0 Å². The fourth-order valence-corrected chi connectivity index (χ4v) is 8.21. The molecule has 0 radical (unpaired) electrons. The molecule has 2 atom stereocenters. The Balaban J connectivity index is 1.63. The van der Waals surface area contributed by atoms with E-state index in [0.717, 1.165) is 39.6 Å². The van der Waals surface area contributed by atoms with Crippen LogP contribution in [0.5, 0.6) is 0 Å². The van der Waals surface area contributed by atoms with Gasteiger partial charge in [0.15, 0.2) is 12.3 Å². The van der Waals surface area contributed by atoms with Crippen molar-refractivity contribution in [2.45, 2.75) is 85.5 Å². The van der Waals surface area contributed by atoms with E-state index < -0.39 is 51.6 Å². The Morgan fingerprint density at radius 2 is 1.47 bits per heavy atom. The molecule has 2 aromatic rings. The topological polar surface area (TPSA) is 225 Å². The fourth-order valence-electron chi connectivity index (χ4n) is 6.48. The molecule has 0 bridgehead atoms. The van der Waals surface area contributed by atoms with Gasteiger partial charge in [-0.1, -0.05) is 44.2 Å². The minimum atomic E-state index is -4.50. The zero-order valence-electron chi connectivity index (χ0n) is 30.3. The second-order valence-electron chi connectivity index (χ2n) is 14.0. The standard InChI is InChI=1S/C35H46N4O10S4/c1-24(52(42,43)44)18-20-38-30-16-14-26(50-49-48-36)22-28(30)34(3,4)32(38)12-10-8-7-9-11-13-33-35(5,6)29-23-27(51(37,40)41)15-17-31(29)39(33)21-19-25(2)53(45,46)47/h7-17,22-25H,18-21,36H2,1-6H3,(H3-,37,40,41,42,43,44,45,46,47)/p-1. The number of benzene rings is 2. The van der Waals surface area contributed by atoms with Crippen LogP contribution in [0.1, 0.15) is 65.5 Å². The van der Waals surface area contributed by atoms with E-state index in [2.05, 4.69) is 4.99 Å². The molecule has 53 heavy (non-hydrogen) atoms. The summed E-state index contributed by atoms with van der Waals surface area (Å²) in [6, 6.07) is 10.2. The van der Waals surface area contributed by atoms with Gasteiger partial charge in [-0.2, -0.15) is 10.5 Å². The van der Waals surface area contributed by atoms with Crippen LogP contribution in [0, 0.1) is 0 Å². The number of nitrogens with zero attached hydrogens (tertiary/aromatic N) is 2. The average molecular weight is 810 g/mol. The Hall–Kier alpha value is -3.17. The van der Waals surface area contributed by atoms with Crippen molar-refractivity contribution < 1.29 is 48.3 Å². The summed E-state index contributed by atoms with van der Waals surface area (Å²) in [6.07, 6.45) is 13.1. The minimum absolute atomic E-state index is 0.0456. The molecule has 2 unspecified atom stereocenters. The molecule has 0 amide bonds. The maximum Gasteiger partial charge on any atom is 0.238 e. The first-order valence-electron chi connectivity index (χ1n) is 16.6. The van der Waals surface area contributed by atoms with Crippen LogP contribution < -0.4 is 15.9 Å². The van der Waals surface area contributed by atoms with Gasteiger partial charge in [-0.25, -0.2) is 30.4 Å². The molecule has 0 saturated heterocycles. The molecule has 290 valence electrons. The van der Waals surface area contributed by atoms with E-state index in [1.807, 2.05) is 85.7 Å². The molecular weight excluding hydrogens is 765 g/mol. The van der Waals surface area contributed by atoms with Crippen LogP contribution in [-0.4, -0.2) is 68.2 Å². The lowest BCUT2D eigenvalue weighted by Crippen LogP contribution is -2.30. The Morgan fingerprint density at radius 3 is 2.09 bits per heavy atom. The number of anilines is 1. The van der Waals surface area contributed by atoms with Crippen LogP contribution in [0.25, 0.3) is 0 Å². The highest BCUT2D eigenvalue weighted by Crippen LogP contribution is 2.48. The van der Waals surface area contributed by atoms with Gasteiger partial charge in [0.25, 0.3) is 0 Å². The largest absolute Gasteiger partial charge is 0.748 e. The zero-order chi connectivity index (χ0) is 39.6. The van der Waals surface area contributed by atoms with E-state index in [1.54, 1.807) is 18.2 Å². The summed E-state index contributed by atoms with van der Waals surface area (Å²) in [7, 11) is -12.9. The quantitative estimate of drug-likeness (QED) is 0.0594. The summed E-state index contributed by atoms with van der Waals surface area (Å²) in [5.41, 5.74) is 3.63. The summed E-state index contributed by atoms with van der Waals surface area (Å²) >= 11 is 0.946. The lowest BCUT2D eigenvalue weighted by atomic mass is 9.81. The maximum atomic E-state index is 12.1. The molecule has 0 saturated carbocycles. The summed E-state index contributed by atoms with van der Waals surface area (Å²) in [6.45, 7) is 11.2. The van der Waals surface area contributed by atoms with Crippen molar-refractivity contribution in [2.75, 3.05) is 18.0 Å². The van der Waals surface area contributed by atoms with Gasteiger partial charge in [-0.15, -0.1) is 9.32 Å². The highest BCUT2D eigenvalue weighted by Gasteiger charge is 2.45. The molecule has 0 fully saturated rings. The van der Waals surface area contributed by atoms with Crippen molar-refractivity contribution in [2.24, 2.45) is 11.0 Å². The summed E-state index contributed by atoms with van der Waals surface area (Å²) < 4.78 is 101. The molecular formula is C35H45N4O10S4-. The first-order valence-corrected chi connectivity index (χ1v) is 21.8. The van der Waals surface area contributed by atoms with E-state index in [0.29, 0.717) is 11.3 Å². The number of rotatable bonds is 16. The second kappa shape index (κ2) is 16.3. The predicted octanol–water partition coefficient (Wildman–Crippen LogP) is 4.54. The molecule has 0 aromatic heterocycles. The van der Waals surface area contributed by atoms with Crippen molar-refractivity contribution in [3.63, 3.8) is 0 Å². The third kappa shape index (κ3) is 9.74. The molecule has 18 heteroatoms. The summed E-state index contributed by atoms with van der Waals surface area (Å²) in [5.74, 6) is 5.00. The van der Waals surface area contributed by atoms with Crippen molar-refractivity contribution in [1.82, 2.24) is 0 Å². The summed E-state index contributed by atoms with van der Waals surface area (Å²) in [5, 5.41) is 3.21. The minimum Gasteiger partial charge on any atom is -0.748 e. The third-order valence-electron chi connectivity index (χ3n) is 9.68. The van der Waals surface area contributed by atoms with Crippen molar-refractivity contribution in [3.05, 3.63) is 95.8 Å². The van der Waals surface area contributed by atoms with Crippen LogP contribution in [0.4, 0.5) is 11.4 Å². The lowest BCUT2D eigenvalue weighted by molar-refractivity contribution is -0.438. The molecule has 14 nitrogen and oxygen atoms in total. The number of fused-ring (bicyclic) bond motifs is 2. The average Bonchev–Trinajstić information content (AvgIpc) is 3.40. The normalized spacial score (nSPS) is 19.2. The number of hydrogen-bond acceptors (Lipinski definition) is 13. The molecule has 2 heterocycles. The van der Waals surface area contributed by atoms with Crippen LogP contribution in [-0.2, 0) is 50.4 Å². The first kappa shape index (κ1) is 42.6. The molecule has 2 aromatic carbocycles. The second-order valence-corrected chi connectivity index (χ2v) is 19.9. The third-order valence-corrected chi connectivity index (χ3v) is 13.6. The molecule has 0 spiro atoms. The Morgan fingerprint density at radius 1 is 0.849 bits per heavy atom. The monoisotopic (exact) mass is 809 g/mol. The van der Waals surface area contributed by atoms with E-state index >= 15 is 0 Å². The van der Waals surface area contributed by atoms with Gasteiger partial charge in [-0.05, 0) is 76.1 Å². The Kier molecular flexibility index (Phi) is 13.1. The van der Waals surface area contributed by atoms with Gasteiger partial charge in [0.05, 0.1) is 47.8 Å². The van der Waals surface area contributed by atoms with Crippen LogP contribution in [0.3, 0.4) is 0 Å². The van der Waals surface area contributed by atoms with E-state index in [4.69, 9.17) is 15.4 Å². The SMILES string of the molecule is CC(CCN1/C(=C/C=C/C=C/C=C/C2=[N+](CCC(C)S(=O)(=O)[O-])c3ccc(SOON)cc3C2(C)C)C(C)(C)c2cc(S(N)(=O)=O)ccc21)S(=O)(=O)[O-]. The number of hydrogen-bond donors (Lipinski definition) is 2. The molecule has 4 N–H and O–H groups in total. The Bertz CT molecular complexity index is 2210. The van der Waals surface area contributed by atoms with Crippen LogP contribution in [0.15, 0.2) is 94.4 Å². The van der Waals surface area contributed by atoms with E-state index in [9.17, 15) is 34.4 Å². The van der Waals surface area contributed by atoms with Gasteiger partial charge < -0.3 is 14.0 Å². The Labute approximate surface area is 316 Å². The highest BCUT2D eigenvalue weighted by molar-refractivity contribution is 7.94. The van der Waals surface area contributed by atoms with E-state index in [-0.39, 0.29) is 30.8 Å². The number of nitrogens with two attached hydrogens (primary N) is 2. The van der Waals surface area contributed by atoms with Gasteiger partial charge in [0.2, 0.25) is 15.7 Å².